The Bertz CT molecular complexity index is 1000. The van der Waals surface area contributed by atoms with E-state index in [0.717, 1.165) is 0 Å². The van der Waals surface area contributed by atoms with Crippen molar-refractivity contribution in [2.75, 3.05) is 51.8 Å². The Morgan fingerprint density at radius 2 is 1.59 bits per heavy atom. The van der Waals surface area contributed by atoms with Crippen LogP contribution in [-0.2, 0) is 9.59 Å². The molecule has 0 N–H and O–H groups in total. The minimum atomic E-state index is -0.411. The SMILES string of the molecule is COc1ccc(N2CC(C(=O)N3CCN(C(=O)c4ccccc4)CC3)CC2=O)c(OC)c1. The van der Waals surface area contributed by atoms with Crippen LogP contribution in [0, 0.1) is 5.92 Å². The van der Waals surface area contributed by atoms with Crippen LogP contribution in [0.1, 0.15) is 16.8 Å². The maximum absolute atomic E-state index is 13.1. The molecule has 2 fully saturated rings. The Morgan fingerprint density at radius 3 is 2.25 bits per heavy atom. The molecule has 32 heavy (non-hydrogen) atoms. The summed E-state index contributed by atoms with van der Waals surface area (Å²) in [4.78, 5) is 43.6. The first-order chi connectivity index (χ1) is 15.5. The molecule has 4 rings (SSSR count). The van der Waals surface area contributed by atoms with E-state index < -0.39 is 5.92 Å². The summed E-state index contributed by atoms with van der Waals surface area (Å²) in [6.45, 7) is 2.21. The van der Waals surface area contributed by atoms with E-state index in [-0.39, 0.29) is 24.1 Å². The van der Waals surface area contributed by atoms with Gasteiger partial charge in [0.25, 0.3) is 5.91 Å². The third kappa shape index (κ3) is 4.26. The first-order valence-corrected chi connectivity index (χ1v) is 10.7. The summed E-state index contributed by atoms with van der Waals surface area (Å²) < 4.78 is 10.6. The number of carbonyl (C=O) groups is 3. The summed E-state index contributed by atoms with van der Waals surface area (Å²) in [5.74, 6) is 0.577. The highest BCUT2D eigenvalue weighted by Crippen LogP contribution is 2.36. The topological polar surface area (TPSA) is 79.4 Å². The zero-order valence-electron chi connectivity index (χ0n) is 18.3. The number of hydrogen-bond acceptors (Lipinski definition) is 5. The van der Waals surface area contributed by atoms with E-state index in [1.165, 1.54) is 7.11 Å². The summed E-state index contributed by atoms with van der Waals surface area (Å²) in [6, 6.07) is 14.4. The summed E-state index contributed by atoms with van der Waals surface area (Å²) in [6.07, 6.45) is 0.164. The number of amides is 3. The van der Waals surface area contributed by atoms with Gasteiger partial charge in [-0.1, -0.05) is 18.2 Å². The summed E-state index contributed by atoms with van der Waals surface area (Å²) in [7, 11) is 3.11. The standard InChI is InChI=1S/C24H27N3O5/c1-31-19-8-9-20(21(15-19)32-2)27-16-18(14-22(27)28)24(30)26-12-10-25(11-13-26)23(29)17-6-4-3-5-7-17/h3-9,15,18H,10-14,16H2,1-2H3. The number of nitrogens with zero attached hydrogens (tertiary/aromatic N) is 3. The summed E-state index contributed by atoms with van der Waals surface area (Å²) in [5.41, 5.74) is 1.28. The highest BCUT2D eigenvalue weighted by atomic mass is 16.5. The van der Waals surface area contributed by atoms with Gasteiger partial charge in [0.05, 0.1) is 25.8 Å². The molecular formula is C24H27N3O5. The highest BCUT2D eigenvalue weighted by Gasteiger charge is 2.39. The molecule has 3 amide bonds. The lowest BCUT2D eigenvalue weighted by atomic mass is 10.1. The van der Waals surface area contributed by atoms with Gasteiger partial charge in [0.2, 0.25) is 11.8 Å². The molecule has 2 saturated heterocycles. The Morgan fingerprint density at radius 1 is 0.906 bits per heavy atom. The third-order valence-electron chi connectivity index (χ3n) is 6.05. The smallest absolute Gasteiger partial charge is 0.253 e. The van der Waals surface area contributed by atoms with E-state index in [1.807, 2.05) is 18.2 Å². The van der Waals surface area contributed by atoms with Crippen molar-refractivity contribution < 1.29 is 23.9 Å². The lowest BCUT2D eigenvalue weighted by Gasteiger charge is -2.36. The number of anilines is 1. The summed E-state index contributed by atoms with van der Waals surface area (Å²) in [5, 5.41) is 0. The Labute approximate surface area is 187 Å². The molecule has 2 aliphatic rings. The Hall–Kier alpha value is -3.55. The molecule has 2 aromatic carbocycles. The molecule has 168 valence electrons. The molecule has 1 unspecified atom stereocenters. The number of hydrogen-bond donors (Lipinski definition) is 0. The second kappa shape index (κ2) is 9.30. The maximum atomic E-state index is 13.1. The Balaban J connectivity index is 1.38. The van der Waals surface area contributed by atoms with Crippen LogP contribution in [0.25, 0.3) is 0 Å². The predicted molar refractivity (Wildman–Crippen MR) is 119 cm³/mol. The van der Waals surface area contributed by atoms with E-state index in [9.17, 15) is 14.4 Å². The fourth-order valence-corrected chi connectivity index (χ4v) is 4.27. The van der Waals surface area contributed by atoms with E-state index in [0.29, 0.717) is 55.5 Å². The molecule has 1 atom stereocenters. The maximum Gasteiger partial charge on any atom is 0.253 e. The van der Waals surface area contributed by atoms with Crippen LogP contribution in [-0.4, -0.2) is 74.5 Å². The zero-order valence-corrected chi connectivity index (χ0v) is 18.3. The van der Waals surface area contributed by atoms with Crippen molar-refractivity contribution in [1.29, 1.82) is 0 Å². The van der Waals surface area contributed by atoms with E-state index in [1.54, 1.807) is 52.1 Å². The second-order valence-corrected chi connectivity index (χ2v) is 7.93. The van der Waals surface area contributed by atoms with Crippen LogP contribution < -0.4 is 14.4 Å². The number of ether oxygens (including phenoxy) is 2. The van der Waals surface area contributed by atoms with Gasteiger partial charge in [-0.15, -0.1) is 0 Å². The largest absolute Gasteiger partial charge is 0.497 e. The molecule has 0 aliphatic carbocycles. The van der Waals surface area contributed by atoms with Crippen molar-refractivity contribution in [3.63, 3.8) is 0 Å². The van der Waals surface area contributed by atoms with Crippen molar-refractivity contribution in [3.8, 4) is 11.5 Å². The number of piperazine rings is 1. The number of carbonyl (C=O) groups excluding carboxylic acids is 3. The molecule has 0 spiro atoms. The van der Waals surface area contributed by atoms with E-state index in [4.69, 9.17) is 9.47 Å². The first-order valence-electron chi connectivity index (χ1n) is 10.7. The minimum Gasteiger partial charge on any atom is -0.497 e. The van der Waals surface area contributed by atoms with Crippen LogP contribution in [0.15, 0.2) is 48.5 Å². The van der Waals surface area contributed by atoms with Gasteiger partial charge < -0.3 is 24.2 Å². The average molecular weight is 437 g/mol. The molecule has 8 heteroatoms. The molecule has 8 nitrogen and oxygen atoms in total. The lowest BCUT2D eigenvalue weighted by molar-refractivity contribution is -0.137. The van der Waals surface area contributed by atoms with Crippen LogP contribution in [0.4, 0.5) is 5.69 Å². The van der Waals surface area contributed by atoms with E-state index >= 15 is 0 Å². The molecule has 0 aromatic heterocycles. The fraction of sp³-hybridized carbons (Fsp3) is 0.375. The number of benzene rings is 2. The average Bonchev–Trinajstić information content (AvgIpc) is 3.24. The monoisotopic (exact) mass is 437 g/mol. The normalized spacial score (nSPS) is 18.6. The van der Waals surface area contributed by atoms with Gasteiger partial charge in [-0.25, -0.2) is 0 Å². The highest BCUT2D eigenvalue weighted by molar-refractivity contribution is 6.01. The lowest BCUT2D eigenvalue weighted by Crippen LogP contribution is -2.52. The van der Waals surface area contributed by atoms with Crippen LogP contribution >= 0.6 is 0 Å². The molecule has 0 radical (unpaired) electrons. The van der Waals surface area contributed by atoms with Gasteiger partial charge in [0, 0.05) is 50.8 Å². The second-order valence-electron chi connectivity index (χ2n) is 7.93. The van der Waals surface area contributed by atoms with Crippen molar-refractivity contribution >= 4 is 23.4 Å². The number of rotatable bonds is 5. The quantitative estimate of drug-likeness (QED) is 0.715. The van der Waals surface area contributed by atoms with E-state index in [2.05, 4.69) is 0 Å². The van der Waals surface area contributed by atoms with Crippen molar-refractivity contribution in [1.82, 2.24) is 9.80 Å². The molecule has 2 heterocycles. The van der Waals surface area contributed by atoms with Crippen molar-refractivity contribution in [2.24, 2.45) is 5.92 Å². The van der Waals surface area contributed by atoms with Gasteiger partial charge in [-0.05, 0) is 24.3 Å². The van der Waals surface area contributed by atoms with Gasteiger partial charge >= 0.3 is 0 Å². The van der Waals surface area contributed by atoms with Gasteiger partial charge in [0.15, 0.2) is 0 Å². The first kappa shape index (κ1) is 21.7. The molecule has 2 aliphatic heterocycles. The van der Waals surface area contributed by atoms with Crippen LogP contribution in [0.2, 0.25) is 0 Å². The molecular weight excluding hydrogens is 410 g/mol. The fourth-order valence-electron chi connectivity index (χ4n) is 4.27. The zero-order chi connectivity index (χ0) is 22.7. The number of methoxy groups -OCH3 is 2. The van der Waals surface area contributed by atoms with Gasteiger partial charge in [-0.2, -0.15) is 0 Å². The van der Waals surface area contributed by atoms with Gasteiger partial charge in [-0.3, -0.25) is 14.4 Å². The van der Waals surface area contributed by atoms with Crippen LogP contribution in [0.3, 0.4) is 0 Å². The van der Waals surface area contributed by atoms with Crippen molar-refractivity contribution in [3.05, 3.63) is 54.1 Å². The Kier molecular flexibility index (Phi) is 6.30. The molecule has 0 saturated carbocycles. The molecule has 0 bridgehead atoms. The minimum absolute atomic E-state index is 0.0217. The third-order valence-corrected chi connectivity index (χ3v) is 6.05. The van der Waals surface area contributed by atoms with Crippen LogP contribution in [0.5, 0.6) is 11.5 Å². The molecule has 2 aromatic rings. The van der Waals surface area contributed by atoms with Crippen molar-refractivity contribution in [2.45, 2.75) is 6.42 Å². The predicted octanol–water partition coefficient (Wildman–Crippen LogP) is 2.04. The summed E-state index contributed by atoms with van der Waals surface area (Å²) >= 11 is 0. The van der Waals surface area contributed by atoms with Gasteiger partial charge in [0.1, 0.15) is 11.5 Å².